The van der Waals surface area contributed by atoms with E-state index in [2.05, 4.69) is 27.7 Å². The third kappa shape index (κ3) is 2.92. The van der Waals surface area contributed by atoms with Crippen LogP contribution in [0.3, 0.4) is 0 Å². The molecule has 0 amide bonds. The number of anilines is 1. The summed E-state index contributed by atoms with van der Waals surface area (Å²) in [5.74, 6) is 0.615. The number of hydrogen-bond donors (Lipinski definition) is 1. The van der Waals surface area contributed by atoms with Gasteiger partial charge in [-0.15, -0.1) is 0 Å². The molecule has 4 aromatic rings. The van der Waals surface area contributed by atoms with Gasteiger partial charge in [0.1, 0.15) is 5.69 Å². The van der Waals surface area contributed by atoms with Crippen LogP contribution in [0.15, 0.2) is 37.1 Å². The Balaban J connectivity index is 1.66. The van der Waals surface area contributed by atoms with Crippen LogP contribution in [0.1, 0.15) is 19.3 Å². The standard InChI is InChI=1S/C21H20N10/c1-24-20-16(12-31(28-20)21(4-5-22)7-14(8-21)9-23)19-18-3-6-25-30(18)13-17(27-19)15-10-26-29(2)11-15/h3,6,10-14H,4,7-8H2,1-2H3,(H,24,28)/t14-,21-. The van der Waals surface area contributed by atoms with Gasteiger partial charge in [0.25, 0.3) is 0 Å². The van der Waals surface area contributed by atoms with Gasteiger partial charge in [-0.2, -0.15) is 25.8 Å². The Bertz CT molecular complexity index is 1350. The summed E-state index contributed by atoms with van der Waals surface area (Å²) < 4.78 is 5.37. The molecule has 0 radical (unpaired) electrons. The molecule has 1 saturated carbocycles. The first kappa shape index (κ1) is 18.8. The fourth-order valence-electron chi connectivity index (χ4n) is 4.30. The Morgan fingerprint density at radius 2 is 2.06 bits per heavy atom. The average molecular weight is 412 g/mol. The first-order valence-corrected chi connectivity index (χ1v) is 9.95. The van der Waals surface area contributed by atoms with Crippen molar-refractivity contribution in [3.8, 4) is 34.7 Å². The molecule has 0 bridgehead atoms. The second kappa shape index (κ2) is 6.96. The molecule has 1 aliphatic rings. The summed E-state index contributed by atoms with van der Waals surface area (Å²) in [5, 5.41) is 35.2. The van der Waals surface area contributed by atoms with E-state index in [9.17, 15) is 10.5 Å². The maximum atomic E-state index is 9.39. The highest BCUT2D eigenvalue weighted by Gasteiger charge is 2.47. The lowest BCUT2D eigenvalue weighted by Crippen LogP contribution is -2.46. The number of aryl methyl sites for hydroxylation is 1. The Kier molecular flexibility index (Phi) is 4.22. The van der Waals surface area contributed by atoms with Crippen molar-refractivity contribution in [2.75, 3.05) is 12.4 Å². The van der Waals surface area contributed by atoms with Crippen LogP contribution in [0.4, 0.5) is 5.82 Å². The van der Waals surface area contributed by atoms with E-state index < -0.39 is 5.54 Å². The van der Waals surface area contributed by atoms with E-state index in [1.54, 1.807) is 21.6 Å². The summed E-state index contributed by atoms with van der Waals surface area (Å²) >= 11 is 0. The van der Waals surface area contributed by atoms with Crippen molar-refractivity contribution in [3.63, 3.8) is 0 Å². The Labute approximate surface area is 178 Å². The molecule has 0 aliphatic heterocycles. The number of fused-ring (bicyclic) bond motifs is 1. The number of aromatic nitrogens is 7. The number of nitrogens with one attached hydrogen (secondary N) is 1. The first-order valence-electron chi connectivity index (χ1n) is 9.95. The molecule has 0 aromatic carbocycles. The molecule has 4 aromatic heterocycles. The van der Waals surface area contributed by atoms with E-state index >= 15 is 0 Å². The van der Waals surface area contributed by atoms with Crippen LogP contribution in [-0.2, 0) is 12.6 Å². The molecular formula is C21H20N10. The van der Waals surface area contributed by atoms with Crippen molar-refractivity contribution < 1.29 is 0 Å². The predicted molar refractivity (Wildman–Crippen MR) is 112 cm³/mol. The van der Waals surface area contributed by atoms with Crippen molar-refractivity contribution >= 4 is 11.3 Å². The molecule has 4 heterocycles. The minimum atomic E-state index is -0.462. The van der Waals surface area contributed by atoms with Crippen LogP contribution in [0, 0.1) is 28.6 Å². The molecule has 1 N–H and O–H groups in total. The Hall–Kier alpha value is -4.18. The lowest BCUT2D eigenvalue weighted by Gasteiger charge is -2.43. The summed E-state index contributed by atoms with van der Waals surface area (Å²) in [6, 6.07) is 6.48. The fourth-order valence-corrected chi connectivity index (χ4v) is 4.30. The highest BCUT2D eigenvalue weighted by Crippen LogP contribution is 2.47. The third-order valence-electron chi connectivity index (χ3n) is 5.93. The van der Waals surface area contributed by atoms with Gasteiger partial charge in [0.15, 0.2) is 5.82 Å². The van der Waals surface area contributed by atoms with Gasteiger partial charge in [-0.25, -0.2) is 9.50 Å². The zero-order valence-corrected chi connectivity index (χ0v) is 17.2. The van der Waals surface area contributed by atoms with E-state index in [1.807, 2.05) is 43.4 Å². The molecule has 31 heavy (non-hydrogen) atoms. The highest BCUT2D eigenvalue weighted by molar-refractivity contribution is 5.84. The van der Waals surface area contributed by atoms with Gasteiger partial charge in [-0.1, -0.05) is 0 Å². The smallest absolute Gasteiger partial charge is 0.157 e. The molecule has 154 valence electrons. The van der Waals surface area contributed by atoms with Gasteiger partial charge in [0.2, 0.25) is 0 Å². The second-order valence-electron chi connectivity index (χ2n) is 7.92. The molecule has 0 saturated heterocycles. The molecule has 0 atom stereocenters. The summed E-state index contributed by atoms with van der Waals surface area (Å²) in [6.07, 6.45) is 10.8. The van der Waals surface area contributed by atoms with Crippen molar-refractivity contribution in [3.05, 3.63) is 37.1 Å². The molecule has 10 nitrogen and oxygen atoms in total. The topological polar surface area (TPSA) is 125 Å². The van der Waals surface area contributed by atoms with E-state index in [0.29, 0.717) is 25.1 Å². The van der Waals surface area contributed by atoms with E-state index in [-0.39, 0.29) is 5.92 Å². The third-order valence-corrected chi connectivity index (χ3v) is 5.93. The van der Waals surface area contributed by atoms with Gasteiger partial charge in [-0.05, 0) is 18.9 Å². The lowest BCUT2D eigenvalue weighted by atomic mass is 9.67. The van der Waals surface area contributed by atoms with Gasteiger partial charge < -0.3 is 5.32 Å². The van der Waals surface area contributed by atoms with E-state index in [0.717, 1.165) is 28.0 Å². The highest BCUT2D eigenvalue weighted by atomic mass is 15.4. The average Bonchev–Trinajstić information content (AvgIpc) is 3.48. The zero-order valence-electron chi connectivity index (χ0n) is 17.2. The normalized spacial score (nSPS) is 20.2. The van der Waals surface area contributed by atoms with Crippen LogP contribution in [0.2, 0.25) is 0 Å². The van der Waals surface area contributed by atoms with Crippen LogP contribution in [0.25, 0.3) is 28.0 Å². The quantitative estimate of drug-likeness (QED) is 0.534. The van der Waals surface area contributed by atoms with Crippen LogP contribution in [-0.4, -0.2) is 41.2 Å². The minimum absolute atomic E-state index is 0.0485. The molecule has 5 rings (SSSR count). The summed E-state index contributed by atoms with van der Waals surface area (Å²) in [7, 11) is 3.67. The van der Waals surface area contributed by atoms with E-state index in [4.69, 9.17) is 10.1 Å². The first-order chi connectivity index (χ1) is 15.1. The molecular weight excluding hydrogens is 392 g/mol. The number of rotatable bonds is 5. The monoisotopic (exact) mass is 412 g/mol. The fraction of sp³-hybridized carbons (Fsp3) is 0.333. The summed E-state index contributed by atoms with van der Waals surface area (Å²) in [6.45, 7) is 0. The summed E-state index contributed by atoms with van der Waals surface area (Å²) in [5.41, 5.74) is 3.57. The maximum Gasteiger partial charge on any atom is 0.157 e. The van der Waals surface area contributed by atoms with Crippen molar-refractivity contribution in [2.24, 2.45) is 13.0 Å². The Morgan fingerprint density at radius 3 is 2.74 bits per heavy atom. The minimum Gasteiger partial charge on any atom is -0.371 e. The SMILES string of the molecule is CNc1nn([C@]2(CC#N)C[C@@H](C#N)C2)cc1-c1nc(-c2cnn(C)c2)cn2nccc12. The number of nitriles is 2. The van der Waals surface area contributed by atoms with Crippen molar-refractivity contribution in [2.45, 2.75) is 24.8 Å². The molecule has 1 aliphatic carbocycles. The zero-order chi connectivity index (χ0) is 21.6. The van der Waals surface area contributed by atoms with Gasteiger partial charge in [0, 0.05) is 32.1 Å². The van der Waals surface area contributed by atoms with Crippen molar-refractivity contribution in [1.82, 2.24) is 34.2 Å². The van der Waals surface area contributed by atoms with Gasteiger partial charge in [-0.3, -0.25) is 9.36 Å². The largest absolute Gasteiger partial charge is 0.371 e. The lowest BCUT2D eigenvalue weighted by molar-refractivity contribution is 0.0885. The van der Waals surface area contributed by atoms with E-state index in [1.165, 1.54) is 0 Å². The summed E-state index contributed by atoms with van der Waals surface area (Å²) in [4.78, 5) is 4.93. The van der Waals surface area contributed by atoms with Crippen molar-refractivity contribution in [1.29, 1.82) is 10.5 Å². The Morgan fingerprint density at radius 1 is 1.23 bits per heavy atom. The van der Waals surface area contributed by atoms with Gasteiger partial charge >= 0.3 is 0 Å². The molecule has 1 fully saturated rings. The number of nitrogens with zero attached hydrogens (tertiary/aromatic N) is 9. The van der Waals surface area contributed by atoms with Crippen LogP contribution >= 0.6 is 0 Å². The van der Waals surface area contributed by atoms with Crippen LogP contribution < -0.4 is 5.32 Å². The van der Waals surface area contributed by atoms with Crippen LogP contribution in [0.5, 0.6) is 0 Å². The number of hydrogen-bond acceptors (Lipinski definition) is 7. The molecule has 0 unspecified atom stereocenters. The second-order valence-corrected chi connectivity index (χ2v) is 7.92. The molecule has 0 spiro atoms. The van der Waals surface area contributed by atoms with Gasteiger partial charge in [0.05, 0.1) is 65.4 Å². The molecule has 10 heteroatoms. The predicted octanol–water partition coefficient (Wildman–Crippen LogP) is 2.58. The maximum absolute atomic E-state index is 9.39.